The number of carbonyl (C=O) groups is 1. The fourth-order valence-corrected chi connectivity index (χ4v) is 1.40. The van der Waals surface area contributed by atoms with E-state index in [4.69, 9.17) is 4.74 Å². The Morgan fingerprint density at radius 3 is 2.41 bits per heavy atom. The quantitative estimate of drug-likeness (QED) is 0.874. The van der Waals surface area contributed by atoms with Crippen molar-refractivity contribution in [3.8, 4) is 5.75 Å². The van der Waals surface area contributed by atoms with Crippen LogP contribution in [0.1, 0.15) is 33.3 Å². The van der Waals surface area contributed by atoms with E-state index in [0.717, 1.165) is 11.3 Å². The van der Waals surface area contributed by atoms with Crippen molar-refractivity contribution in [1.29, 1.82) is 0 Å². The summed E-state index contributed by atoms with van der Waals surface area (Å²) in [5, 5.41) is 2.89. The maximum atomic E-state index is 11.8. The lowest BCUT2D eigenvalue weighted by atomic mass is 10.1. The van der Waals surface area contributed by atoms with Crippen molar-refractivity contribution in [1.82, 2.24) is 5.32 Å². The van der Waals surface area contributed by atoms with Gasteiger partial charge in [-0.2, -0.15) is 0 Å². The average Bonchev–Trinajstić information content (AvgIpc) is 2.18. The minimum Gasteiger partial charge on any atom is -0.481 e. The lowest BCUT2D eigenvalue weighted by Crippen LogP contribution is -2.46. The molecule has 1 aromatic rings. The monoisotopic (exact) mass is 235 g/mol. The maximum Gasteiger partial charge on any atom is 0.261 e. The summed E-state index contributed by atoms with van der Waals surface area (Å²) in [6.07, 6.45) is -0.490. The van der Waals surface area contributed by atoms with Crippen LogP contribution < -0.4 is 10.1 Å². The van der Waals surface area contributed by atoms with E-state index >= 15 is 0 Å². The molecule has 1 aromatic carbocycles. The molecule has 1 rings (SSSR count). The number of ether oxygens (including phenoxy) is 1. The fraction of sp³-hybridized carbons (Fsp3) is 0.500. The summed E-state index contributed by atoms with van der Waals surface area (Å²) >= 11 is 0. The summed E-state index contributed by atoms with van der Waals surface area (Å²) in [4.78, 5) is 11.8. The molecule has 1 atom stereocenters. The number of aryl methyl sites for hydroxylation is 1. The second kappa shape index (κ2) is 5.21. The molecule has 3 heteroatoms. The van der Waals surface area contributed by atoms with Crippen LogP contribution in [0.3, 0.4) is 0 Å². The summed E-state index contributed by atoms with van der Waals surface area (Å²) < 4.78 is 5.64. The highest BCUT2D eigenvalue weighted by molar-refractivity contribution is 5.81. The molecule has 0 aromatic heterocycles. The van der Waals surface area contributed by atoms with Gasteiger partial charge in [0.15, 0.2) is 6.10 Å². The summed E-state index contributed by atoms with van der Waals surface area (Å²) in [6.45, 7) is 9.57. The standard InChI is InChI=1S/C14H21NO2/c1-10-8-6-7-9-12(10)17-11(2)13(16)15-14(3,4)5/h6-9,11H,1-5H3,(H,15,16). The highest BCUT2D eigenvalue weighted by atomic mass is 16.5. The third kappa shape index (κ3) is 4.47. The van der Waals surface area contributed by atoms with Gasteiger partial charge in [0.2, 0.25) is 0 Å². The van der Waals surface area contributed by atoms with Gasteiger partial charge in [-0.25, -0.2) is 0 Å². The largest absolute Gasteiger partial charge is 0.481 e. The van der Waals surface area contributed by atoms with Crippen molar-refractivity contribution in [2.45, 2.75) is 46.3 Å². The molecule has 0 aliphatic carbocycles. The number of para-hydroxylation sites is 1. The molecular weight excluding hydrogens is 214 g/mol. The zero-order valence-corrected chi connectivity index (χ0v) is 11.2. The number of rotatable bonds is 3. The molecule has 0 saturated carbocycles. The van der Waals surface area contributed by atoms with Gasteiger partial charge in [0, 0.05) is 5.54 Å². The Balaban J connectivity index is 2.64. The second-order valence-electron chi connectivity index (χ2n) is 5.26. The zero-order chi connectivity index (χ0) is 13.1. The first-order valence-corrected chi connectivity index (χ1v) is 5.84. The van der Waals surface area contributed by atoms with E-state index < -0.39 is 6.10 Å². The number of hydrogen-bond acceptors (Lipinski definition) is 2. The van der Waals surface area contributed by atoms with Gasteiger partial charge in [0.05, 0.1) is 0 Å². The predicted molar refractivity (Wildman–Crippen MR) is 69.2 cm³/mol. The van der Waals surface area contributed by atoms with Crippen LogP contribution in [-0.4, -0.2) is 17.6 Å². The van der Waals surface area contributed by atoms with Crippen LogP contribution in [-0.2, 0) is 4.79 Å². The van der Waals surface area contributed by atoms with Crippen LogP contribution in [0.5, 0.6) is 5.75 Å². The fourth-order valence-electron chi connectivity index (χ4n) is 1.40. The lowest BCUT2D eigenvalue weighted by Gasteiger charge is -2.24. The van der Waals surface area contributed by atoms with Gasteiger partial charge >= 0.3 is 0 Å². The van der Waals surface area contributed by atoms with Gasteiger partial charge in [0.25, 0.3) is 5.91 Å². The number of amides is 1. The molecule has 0 spiro atoms. The summed E-state index contributed by atoms with van der Waals surface area (Å²) in [7, 11) is 0. The minimum atomic E-state index is -0.490. The molecule has 0 saturated heterocycles. The third-order valence-electron chi connectivity index (χ3n) is 2.26. The zero-order valence-electron chi connectivity index (χ0n) is 11.2. The maximum absolute atomic E-state index is 11.8. The van der Waals surface area contributed by atoms with E-state index in [1.165, 1.54) is 0 Å². The Morgan fingerprint density at radius 2 is 1.88 bits per heavy atom. The van der Waals surface area contributed by atoms with E-state index in [1.54, 1.807) is 6.92 Å². The lowest BCUT2D eigenvalue weighted by molar-refractivity contribution is -0.128. The number of hydrogen-bond donors (Lipinski definition) is 1. The highest BCUT2D eigenvalue weighted by Gasteiger charge is 2.20. The molecule has 0 fully saturated rings. The molecule has 0 radical (unpaired) electrons. The molecule has 1 unspecified atom stereocenters. The van der Waals surface area contributed by atoms with Gasteiger partial charge in [0.1, 0.15) is 5.75 Å². The first kappa shape index (κ1) is 13.6. The van der Waals surface area contributed by atoms with Crippen molar-refractivity contribution in [3.05, 3.63) is 29.8 Å². The summed E-state index contributed by atoms with van der Waals surface area (Å²) in [6, 6.07) is 7.68. The van der Waals surface area contributed by atoms with Gasteiger partial charge in [-0.05, 0) is 46.2 Å². The Hall–Kier alpha value is -1.51. The predicted octanol–water partition coefficient (Wildman–Crippen LogP) is 2.68. The van der Waals surface area contributed by atoms with E-state index in [2.05, 4.69) is 5.32 Å². The number of carbonyl (C=O) groups excluding carboxylic acids is 1. The molecule has 0 aliphatic heterocycles. The van der Waals surface area contributed by atoms with Crippen LogP contribution >= 0.6 is 0 Å². The van der Waals surface area contributed by atoms with E-state index in [0.29, 0.717) is 0 Å². The minimum absolute atomic E-state index is 0.0965. The SMILES string of the molecule is Cc1ccccc1OC(C)C(=O)NC(C)(C)C. The molecule has 3 nitrogen and oxygen atoms in total. The number of nitrogens with one attached hydrogen (secondary N) is 1. The van der Waals surface area contributed by atoms with E-state index in [9.17, 15) is 4.79 Å². The molecule has 1 amide bonds. The Labute approximate surface area is 103 Å². The first-order chi connectivity index (χ1) is 7.79. The highest BCUT2D eigenvalue weighted by Crippen LogP contribution is 2.18. The van der Waals surface area contributed by atoms with Gasteiger partial charge in [-0.3, -0.25) is 4.79 Å². The molecular formula is C14H21NO2. The third-order valence-corrected chi connectivity index (χ3v) is 2.26. The van der Waals surface area contributed by atoms with E-state index in [-0.39, 0.29) is 11.4 Å². The van der Waals surface area contributed by atoms with Crippen molar-refractivity contribution in [3.63, 3.8) is 0 Å². The second-order valence-corrected chi connectivity index (χ2v) is 5.26. The Bertz CT molecular complexity index is 393. The van der Waals surface area contributed by atoms with Crippen molar-refractivity contribution in [2.24, 2.45) is 0 Å². The number of benzene rings is 1. The topological polar surface area (TPSA) is 38.3 Å². The molecule has 17 heavy (non-hydrogen) atoms. The van der Waals surface area contributed by atoms with Crippen molar-refractivity contribution < 1.29 is 9.53 Å². The van der Waals surface area contributed by atoms with Crippen LogP contribution in [0.4, 0.5) is 0 Å². The summed E-state index contributed by atoms with van der Waals surface area (Å²) in [5.41, 5.74) is 0.795. The smallest absolute Gasteiger partial charge is 0.261 e. The molecule has 0 bridgehead atoms. The molecule has 0 heterocycles. The van der Waals surface area contributed by atoms with Crippen LogP contribution in [0.25, 0.3) is 0 Å². The van der Waals surface area contributed by atoms with Gasteiger partial charge in [-0.15, -0.1) is 0 Å². The molecule has 94 valence electrons. The van der Waals surface area contributed by atoms with Crippen molar-refractivity contribution >= 4 is 5.91 Å². The van der Waals surface area contributed by atoms with E-state index in [1.807, 2.05) is 52.0 Å². The Kier molecular flexibility index (Phi) is 4.16. The van der Waals surface area contributed by atoms with Crippen LogP contribution in [0.2, 0.25) is 0 Å². The van der Waals surface area contributed by atoms with Gasteiger partial charge < -0.3 is 10.1 Å². The average molecular weight is 235 g/mol. The normalized spacial score (nSPS) is 13.0. The Morgan fingerprint density at radius 1 is 1.29 bits per heavy atom. The van der Waals surface area contributed by atoms with Crippen LogP contribution in [0.15, 0.2) is 24.3 Å². The molecule has 0 aliphatic rings. The first-order valence-electron chi connectivity index (χ1n) is 5.84. The van der Waals surface area contributed by atoms with Gasteiger partial charge in [-0.1, -0.05) is 18.2 Å². The molecule has 1 N–H and O–H groups in total. The van der Waals surface area contributed by atoms with Crippen LogP contribution in [0, 0.1) is 6.92 Å². The summed E-state index contributed by atoms with van der Waals surface area (Å²) in [5.74, 6) is 0.657. The van der Waals surface area contributed by atoms with Crippen molar-refractivity contribution in [2.75, 3.05) is 0 Å².